The summed E-state index contributed by atoms with van der Waals surface area (Å²) in [5, 5.41) is 6.68. The van der Waals surface area contributed by atoms with Crippen molar-refractivity contribution < 1.29 is 4.48 Å². The summed E-state index contributed by atoms with van der Waals surface area (Å²) in [4.78, 5) is 6.76. The number of pyridine rings is 1. The van der Waals surface area contributed by atoms with Crippen LogP contribution in [0.4, 0.5) is 17.2 Å². The van der Waals surface area contributed by atoms with Crippen molar-refractivity contribution in [2.45, 2.75) is 6.42 Å². The maximum Gasteiger partial charge on any atom is 0.149 e. The van der Waals surface area contributed by atoms with Crippen LogP contribution in [0.3, 0.4) is 0 Å². The Hall–Kier alpha value is -1.57. The van der Waals surface area contributed by atoms with Crippen LogP contribution in [0.1, 0.15) is 6.42 Å². The minimum atomic E-state index is 0.589. The molecule has 2 heterocycles. The van der Waals surface area contributed by atoms with Crippen LogP contribution < -0.4 is 22.1 Å². The van der Waals surface area contributed by atoms with Crippen LogP contribution in [0.2, 0.25) is 0 Å². The average Bonchev–Trinajstić information content (AvgIpc) is 2.49. The second-order valence-electron chi connectivity index (χ2n) is 6.96. The number of nitrogen functional groups attached to an aromatic ring is 2. The molecule has 1 saturated heterocycles. The molecule has 0 saturated carbocycles. The van der Waals surface area contributed by atoms with E-state index in [2.05, 4.69) is 34.6 Å². The molecule has 0 unspecified atom stereocenters. The summed E-state index contributed by atoms with van der Waals surface area (Å²) in [6.45, 7) is 8.88. The zero-order valence-corrected chi connectivity index (χ0v) is 14.5. The second-order valence-corrected chi connectivity index (χ2v) is 6.96. The lowest BCUT2D eigenvalue weighted by Gasteiger charge is -2.39. The highest BCUT2D eigenvalue weighted by molar-refractivity contribution is 5.65. The monoisotopic (exact) mass is 322 g/mol. The van der Waals surface area contributed by atoms with Crippen LogP contribution in [0, 0.1) is 0 Å². The number of nitrogens with two attached hydrogens (primary N) is 2. The first-order valence-electron chi connectivity index (χ1n) is 8.46. The standard InChI is InChI=1S/C16H32N7/c1-23(2)10-8-22(9-11-23)7-3-4-19-5-6-20-16-15(18)12-14(17)13-21-16/h12-13,19H,3-11,17-18H2,1-2H3,(H,20,21)/q+1. The lowest BCUT2D eigenvalue weighted by molar-refractivity contribution is -0.894. The van der Waals surface area contributed by atoms with Gasteiger partial charge >= 0.3 is 0 Å². The van der Waals surface area contributed by atoms with Crippen molar-refractivity contribution in [1.29, 1.82) is 0 Å². The molecule has 7 heteroatoms. The molecule has 1 aliphatic heterocycles. The summed E-state index contributed by atoms with van der Waals surface area (Å²) in [6.07, 6.45) is 2.81. The van der Waals surface area contributed by atoms with E-state index in [1.807, 2.05) is 0 Å². The normalized spacial score (nSPS) is 18.0. The van der Waals surface area contributed by atoms with E-state index < -0.39 is 0 Å². The van der Waals surface area contributed by atoms with Gasteiger partial charge in [0.25, 0.3) is 0 Å². The molecule has 1 aliphatic rings. The van der Waals surface area contributed by atoms with Gasteiger partial charge in [-0.05, 0) is 25.6 Å². The fourth-order valence-corrected chi connectivity index (χ4v) is 2.74. The van der Waals surface area contributed by atoms with Crippen LogP contribution in [0.25, 0.3) is 0 Å². The molecule has 0 aromatic carbocycles. The number of anilines is 3. The SMILES string of the molecule is C[N+]1(C)CCN(CCCNCCNc2ncc(N)cc2N)CC1. The smallest absolute Gasteiger partial charge is 0.149 e. The Balaban J connectivity index is 1.50. The van der Waals surface area contributed by atoms with Gasteiger partial charge in [-0.1, -0.05) is 0 Å². The maximum absolute atomic E-state index is 5.85. The van der Waals surface area contributed by atoms with Gasteiger partial charge in [0, 0.05) is 26.2 Å². The van der Waals surface area contributed by atoms with Crippen LogP contribution in [-0.2, 0) is 0 Å². The molecule has 0 amide bonds. The third-order valence-corrected chi connectivity index (χ3v) is 4.40. The predicted molar refractivity (Wildman–Crippen MR) is 97.3 cm³/mol. The van der Waals surface area contributed by atoms with Gasteiger partial charge in [-0.25, -0.2) is 4.98 Å². The average molecular weight is 322 g/mol. The topological polar surface area (TPSA) is 92.2 Å². The van der Waals surface area contributed by atoms with Crippen molar-refractivity contribution in [1.82, 2.24) is 15.2 Å². The van der Waals surface area contributed by atoms with E-state index in [9.17, 15) is 0 Å². The van der Waals surface area contributed by atoms with E-state index in [0.29, 0.717) is 17.2 Å². The molecule has 0 atom stereocenters. The molecular weight excluding hydrogens is 290 g/mol. The number of nitrogens with one attached hydrogen (secondary N) is 2. The summed E-state index contributed by atoms with van der Waals surface area (Å²) in [7, 11) is 4.63. The molecule has 0 aliphatic carbocycles. The van der Waals surface area contributed by atoms with Crippen molar-refractivity contribution in [3.63, 3.8) is 0 Å². The van der Waals surface area contributed by atoms with Crippen molar-refractivity contribution >= 4 is 17.2 Å². The molecular formula is C16H32N7+. The lowest BCUT2D eigenvalue weighted by atomic mass is 10.2. The first-order valence-corrected chi connectivity index (χ1v) is 8.46. The number of rotatable bonds is 8. The summed E-state index contributed by atoms with van der Waals surface area (Å²) < 4.78 is 1.16. The van der Waals surface area contributed by atoms with Gasteiger partial charge in [0.15, 0.2) is 0 Å². The molecule has 0 bridgehead atoms. The lowest BCUT2D eigenvalue weighted by Crippen LogP contribution is -2.54. The number of nitrogens with zero attached hydrogens (tertiary/aromatic N) is 3. The highest BCUT2D eigenvalue weighted by atomic mass is 15.4. The Morgan fingerprint density at radius 3 is 2.61 bits per heavy atom. The van der Waals surface area contributed by atoms with E-state index in [1.165, 1.54) is 39.1 Å². The number of likely N-dealkylation sites (N-methyl/N-ethyl adjacent to an activating group) is 1. The second kappa shape index (κ2) is 8.33. The maximum atomic E-state index is 5.85. The zero-order valence-electron chi connectivity index (χ0n) is 14.5. The number of quaternary nitrogens is 1. The van der Waals surface area contributed by atoms with Crippen molar-refractivity contribution in [3.8, 4) is 0 Å². The zero-order chi connectivity index (χ0) is 16.7. The Kier molecular flexibility index (Phi) is 6.44. The minimum absolute atomic E-state index is 0.589. The van der Waals surface area contributed by atoms with Crippen LogP contribution in [0.5, 0.6) is 0 Å². The minimum Gasteiger partial charge on any atom is -0.397 e. The Morgan fingerprint density at radius 2 is 1.91 bits per heavy atom. The molecule has 7 nitrogen and oxygen atoms in total. The number of piperazine rings is 1. The van der Waals surface area contributed by atoms with E-state index in [0.717, 1.165) is 24.1 Å². The van der Waals surface area contributed by atoms with Crippen LogP contribution >= 0.6 is 0 Å². The Bertz CT molecular complexity index is 479. The van der Waals surface area contributed by atoms with Crippen molar-refractivity contribution in [3.05, 3.63) is 12.3 Å². The summed E-state index contributed by atoms with van der Waals surface area (Å²) in [5.74, 6) is 0.704. The molecule has 23 heavy (non-hydrogen) atoms. The summed E-state index contributed by atoms with van der Waals surface area (Å²) >= 11 is 0. The molecule has 6 N–H and O–H groups in total. The first-order chi connectivity index (χ1) is 11.0. The molecule has 0 radical (unpaired) electrons. The fourth-order valence-electron chi connectivity index (χ4n) is 2.74. The number of hydrogen-bond donors (Lipinski definition) is 4. The molecule has 1 aromatic heterocycles. The third kappa shape index (κ3) is 6.21. The molecule has 2 rings (SSSR count). The predicted octanol–water partition coefficient (Wildman–Crippen LogP) is 0.0296. The van der Waals surface area contributed by atoms with Crippen molar-refractivity contribution in [2.75, 3.05) is 83.2 Å². The van der Waals surface area contributed by atoms with Gasteiger partial charge in [-0.2, -0.15) is 0 Å². The largest absolute Gasteiger partial charge is 0.397 e. The first kappa shape index (κ1) is 17.8. The molecule has 1 fully saturated rings. The van der Waals surface area contributed by atoms with Gasteiger partial charge < -0.3 is 26.6 Å². The molecule has 1 aromatic rings. The Labute approximate surface area is 139 Å². The fraction of sp³-hybridized carbons (Fsp3) is 0.688. The Morgan fingerprint density at radius 1 is 1.17 bits per heavy atom. The van der Waals surface area contributed by atoms with Gasteiger partial charge in [0.1, 0.15) is 5.82 Å². The van der Waals surface area contributed by atoms with Gasteiger partial charge in [-0.3, -0.25) is 4.90 Å². The molecule has 0 spiro atoms. The molecule has 130 valence electrons. The van der Waals surface area contributed by atoms with Gasteiger partial charge in [0.2, 0.25) is 0 Å². The van der Waals surface area contributed by atoms with Crippen molar-refractivity contribution in [2.24, 2.45) is 0 Å². The number of hydrogen-bond acceptors (Lipinski definition) is 6. The van der Waals surface area contributed by atoms with Crippen LogP contribution in [0.15, 0.2) is 12.3 Å². The van der Waals surface area contributed by atoms with E-state index in [1.54, 1.807) is 12.3 Å². The highest BCUT2D eigenvalue weighted by Gasteiger charge is 2.23. The quantitative estimate of drug-likeness (QED) is 0.399. The third-order valence-electron chi connectivity index (χ3n) is 4.40. The van der Waals surface area contributed by atoms with E-state index in [4.69, 9.17) is 11.5 Å². The van der Waals surface area contributed by atoms with Gasteiger partial charge in [-0.15, -0.1) is 0 Å². The number of aromatic nitrogens is 1. The van der Waals surface area contributed by atoms with E-state index >= 15 is 0 Å². The summed E-state index contributed by atoms with van der Waals surface area (Å²) in [6, 6.07) is 1.72. The van der Waals surface area contributed by atoms with E-state index in [-0.39, 0.29) is 0 Å². The highest BCUT2D eigenvalue weighted by Crippen LogP contribution is 2.16. The van der Waals surface area contributed by atoms with Crippen LogP contribution in [-0.4, -0.2) is 80.8 Å². The summed E-state index contributed by atoms with van der Waals surface area (Å²) in [5.41, 5.74) is 12.7. The van der Waals surface area contributed by atoms with Gasteiger partial charge in [0.05, 0.1) is 44.8 Å².